The lowest BCUT2D eigenvalue weighted by Gasteiger charge is -2.64. The van der Waals surface area contributed by atoms with E-state index < -0.39 is 12.7 Å². The van der Waals surface area contributed by atoms with E-state index in [9.17, 15) is 9.59 Å². The van der Waals surface area contributed by atoms with Crippen LogP contribution in [0.5, 0.6) is 0 Å². The molecule has 240 valence electrons. The zero-order valence-electron chi connectivity index (χ0n) is 26.6. The van der Waals surface area contributed by atoms with Gasteiger partial charge >= 0.3 is 7.12 Å². The first-order valence-electron chi connectivity index (χ1n) is 15.9. The largest absolute Gasteiger partial charge is 0.481 e. The van der Waals surface area contributed by atoms with Crippen LogP contribution >= 0.6 is 23.2 Å². The Kier molecular flexibility index (Phi) is 8.78. The van der Waals surface area contributed by atoms with Crippen molar-refractivity contribution in [1.82, 2.24) is 5.32 Å². The zero-order valence-corrected chi connectivity index (χ0v) is 28.1. The molecule has 8 nitrogen and oxygen atoms in total. The highest BCUT2D eigenvalue weighted by atomic mass is 35.5. The Hall–Kier alpha value is -2.59. The average Bonchev–Trinajstić information content (AvgIpc) is 3.58. The van der Waals surface area contributed by atoms with Crippen molar-refractivity contribution in [1.29, 1.82) is 0 Å². The van der Waals surface area contributed by atoms with Gasteiger partial charge in [0.1, 0.15) is 0 Å². The van der Waals surface area contributed by atoms with Gasteiger partial charge in [0.15, 0.2) is 0 Å². The molecule has 11 heteroatoms. The van der Waals surface area contributed by atoms with Gasteiger partial charge in [-0.25, -0.2) is 0 Å². The lowest BCUT2D eigenvalue weighted by atomic mass is 9.43. The summed E-state index contributed by atoms with van der Waals surface area (Å²) >= 11 is 12.6. The van der Waals surface area contributed by atoms with Gasteiger partial charge in [-0.2, -0.15) is 0 Å². The Balaban J connectivity index is 1.23. The van der Waals surface area contributed by atoms with Crippen molar-refractivity contribution in [3.63, 3.8) is 0 Å². The number of anilines is 1. The number of hydrogen-bond acceptors (Lipinski definition) is 6. The Bertz CT molecular complexity index is 1470. The highest BCUT2D eigenvalue weighted by molar-refractivity contribution is 6.48. The fraction of sp³-hybridized carbons (Fsp3) is 0.559. The molecule has 2 amide bonds. The van der Waals surface area contributed by atoms with Crippen molar-refractivity contribution in [3.05, 3.63) is 64.1 Å². The first-order chi connectivity index (χ1) is 21.3. The third kappa shape index (κ3) is 6.02. The number of carbonyl (C=O) groups is 2. The first kappa shape index (κ1) is 32.4. The fourth-order valence-corrected chi connectivity index (χ4v) is 8.44. The summed E-state index contributed by atoms with van der Waals surface area (Å²) < 4.78 is 13.4. The number of carbonyl (C=O) groups excluding carboxylic acids is 2. The van der Waals surface area contributed by atoms with Crippen molar-refractivity contribution in [3.8, 4) is 0 Å². The summed E-state index contributed by atoms with van der Waals surface area (Å²) in [6.07, 6.45) is 3.98. The molecule has 1 unspecified atom stereocenters. The molecule has 1 N–H and O–H groups in total. The van der Waals surface area contributed by atoms with Crippen molar-refractivity contribution in [2.75, 3.05) is 11.4 Å². The molecule has 6 atom stereocenters. The number of rotatable bonds is 11. The number of benzene rings is 2. The molecular weight excluding hydrogens is 612 g/mol. The number of oxime groups is 1. The van der Waals surface area contributed by atoms with E-state index in [-0.39, 0.29) is 47.9 Å². The lowest BCUT2D eigenvalue weighted by Crippen LogP contribution is -2.65. The van der Waals surface area contributed by atoms with Gasteiger partial charge < -0.3 is 24.4 Å². The number of amides is 2. The predicted molar refractivity (Wildman–Crippen MR) is 177 cm³/mol. The molecule has 2 heterocycles. The summed E-state index contributed by atoms with van der Waals surface area (Å²) in [5, 5.41) is 8.48. The third-order valence-corrected chi connectivity index (χ3v) is 11.2. The number of nitrogens with zero attached hydrogens (tertiary/aromatic N) is 2. The summed E-state index contributed by atoms with van der Waals surface area (Å²) in [5.41, 5.74) is 0.440. The molecule has 2 aliphatic heterocycles. The molecule has 2 aromatic carbocycles. The second-order valence-corrected chi connectivity index (χ2v) is 15.3. The van der Waals surface area contributed by atoms with Crippen LogP contribution in [0.15, 0.2) is 53.7 Å². The molecule has 5 aliphatic rings. The van der Waals surface area contributed by atoms with Gasteiger partial charge in [-0.1, -0.05) is 86.4 Å². The maximum atomic E-state index is 14.4. The van der Waals surface area contributed by atoms with Gasteiger partial charge in [-0.05, 0) is 73.1 Å². The van der Waals surface area contributed by atoms with Crippen LogP contribution in [0.1, 0.15) is 65.9 Å². The monoisotopic (exact) mass is 653 g/mol. The van der Waals surface area contributed by atoms with E-state index in [0.29, 0.717) is 52.5 Å². The number of hydrogen-bond donors (Lipinski definition) is 1. The maximum absolute atomic E-state index is 14.4. The molecule has 7 rings (SSSR count). The molecule has 1 saturated heterocycles. The van der Waals surface area contributed by atoms with E-state index in [4.69, 9.17) is 37.3 Å². The molecule has 2 bridgehead atoms. The van der Waals surface area contributed by atoms with Crippen LogP contribution in [0, 0.1) is 23.2 Å². The molecule has 0 spiro atoms. The zero-order chi connectivity index (χ0) is 32.1. The molecule has 2 aromatic rings. The number of nitrogens with one attached hydrogen (secondary N) is 1. The molecule has 0 radical (unpaired) electrons. The summed E-state index contributed by atoms with van der Waals surface area (Å²) in [5.74, 6) is 0.670. The van der Waals surface area contributed by atoms with E-state index in [2.05, 4.69) is 45.1 Å². The van der Waals surface area contributed by atoms with E-state index in [1.165, 1.54) is 4.90 Å². The van der Waals surface area contributed by atoms with Gasteiger partial charge in [0, 0.05) is 17.9 Å². The van der Waals surface area contributed by atoms with Crippen molar-refractivity contribution in [2.24, 2.45) is 28.3 Å². The Morgan fingerprint density at radius 3 is 2.60 bits per heavy atom. The number of halogens is 2. The summed E-state index contributed by atoms with van der Waals surface area (Å²) in [4.78, 5) is 34.1. The molecule has 0 aromatic heterocycles. The van der Waals surface area contributed by atoms with Crippen LogP contribution in [0.2, 0.25) is 10.0 Å². The minimum atomic E-state index is -1.32. The Morgan fingerprint density at radius 2 is 1.91 bits per heavy atom. The Labute approximate surface area is 276 Å². The molecule has 4 fully saturated rings. The van der Waals surface area contributed by atoms with Crippen LogP contribution in [-0.2, 0) is 30.2 Å². The SMILES string of the molecule is CC(C)C[C@H](NC(=O)C1(Cc2ccccc2)CC(CN(C=O)c2cc(Cl)ccc2Cl)=NO1)B1O[C@@H]2C[C@@H]3C[C@@H](C3(C)C)[C@]2(C)O1. The summed E-state index contributed by atoms with van der Waals surface area (Å²) in [7, 11) is -0.562. The van der Waals surface area contributed by atoms with E-state index in [0.717, 1.165) is 18.4 Å². The van der Waals surface area contributed by atoms with Gasteiger partial charge in [0.2, 0.25) is 12.0 Å². The van der Waals surface area contributed by atoms with Crippen LogP contribution in [0.4, 0.5) is 5.69 Å². The normalized spacial score (nSPS) is 30.2. The van der Waals surface area contributed by atoms with Crippen molar-refractivity contribution in [2.45, 2.75) is 90.0 Å². The van der Waals surface area contributed by atoms with E-state index in [1.807, 2.05) is 30.3 Å². The maximum Gasteiger partial charge on any atom is 0.481 e. The second-order valence-electron chi connectivity index (χ2n) is 14.5. The van der Waals surface area contributed by atoms with Crippen LogP contribution in [0.25, 0.3) is 0 Å². The topological polar surface area (TPSA) is 89.5 Å². The molecule has 3 aliphatic carbocycles. The smallest absolute Gasteiger partial charge is 0.404 e. The van der Waals surface area contributed by atoms with Crippen LogP contribution in [-0.4, -0.2) is 54.9 Å². The molecule has 45 heavy (non-hydrogen) atoms. The standard InChI is InChI=1S/C34H42BCl2N3O5/c1-21(2)13-30(35-43-29-15-23-14-28(32(23,3)4)33(29,5)44-35)38-31(42)34(17-22-9-7-6-8-10-22)18-25(39-45-34)19-40(20-41)27-16-24(36)11-12-26(27)37/h6-12,16,20-21,23,28-30H,13-15,17-19H2,1-5H3,(H,38,42)/t23-,28-,29+,30-,33-,34?/m0/s1. The van der Waals surface area contributed by atoms with Crippen molar-refractivity contribution >= 4 is 54.0 Å². The van der Waals surface area contributed by atoms with Gasteiger partial charge in [0.25, 0.3) is 5.91 Å². The van der Waals surface area contributed by atoms with Gasteiger partial charge in [-0.15, -0.1) is 0 Å². The fourth-order valence-electron chi connectivity index (χ4n) is 8.05. The second kappa shape index (κ2) is 12.2. The third-order valence-electron chi connectivity index (χ3n) is 10.6. The van der Waals surface area contributed by atoms with E-state index in [1.54, 1.807) is 18.2 Å². The average molecular weight is 654 g/mol. The summed E-state index contributed by atoms with van der Waals surface area (Å²) in [6, 6.07) is 14.7. The van der Waals surface area contributed by atoms with Gasteiger partial charge in [-0.3, -0.25) is 9.59 Å². The first-order valence-corrected chi connectivity index (χ1v) is 16.7. The highest BCUT2D eigenvalue weighted by Gasteiger charge is 2.68. The van der Waals surface area contributed by atoms with Gasteiger partial charge in [0.05, 0.1) is 40.6 Å². The van der Waals surface area contributed by atoms with Crippen LogP contribution in [0.3, 0.4) is 0 Å². The molecular formula is C34H42BCl2N3O5. The quantitative estimate of drug-likeness (QED) is 0.221. The van der Waals surface area contributed by atoms with Crippen molar-refractivity contribution < 1.29 is 23.7 Å². The highest BCUT2D eigenvalue weighted by Crippen LogP contribution is 2.65. The Morgan fingerprint density at radius 1 is 1.16 bits per heavy atom. The molecule has 3 saturated carbocycles. The summed E-state index contributed by atoms with van der Waals surface area (Å²) in [6.45, 7) is 11.2. The minimum absolute atomic E-state index is 0.00872. The lowest BCUT2D eigenvalue weighted by molar-refractivity contribution is -0.199. The minimum Gasteiger partial charge on any atom is -0.404 e. The predicted octanol–water partition coefficient (Wildman–Crippen LogP) is 6.51. The van der Waals surface area contributed by atoms with E-state index >= 15 is 0 Å². The van der Waals surface area contributed by atoms with Crippen LogP contribution < -0.4 is 10.2 Å².